The van der Waals surface area contributed by atoms with Gasteiger partial charge in [-0.15, -0.1) is 0 Å². The van der Waals surface area contributed by atoms with Crippen LogP contribution in [0.4, 0.5) is 10.1 Å². The van der Waals surface area contributed by atoms with E-state index in [-0.39, 0.29) is 5.91 Å². The van der Waals surface area contributed by atoms with Crippen LogP contribution in [0.25, 0.3) is 0 Å². The van der Waals surface area contributed by atoms with Crippen LogP contribution in [0.2, 0.25) is 0 Å². The number of anilines is 1. The Hall–Kier alpha value is -1.63. The maximum absolute atomic E-state index is 13.2. The molecule has 1 aromatic rings. The molecular weight excluding hydrogens is 331 g/mol. The van der Waals surface area contributed by atoms with Crippen LogP contribution in [-0.4, -0.2) is 44.6 Å². The van der Waals surface area contributed by atoms with Gasteiger partial charge in [0, 0.05) is 13.1 Å². The number of hydrogen-bond acceptors (Lipinski definition) is 3. The Labute approximate surface area is 143 Å². The molecule has 0 spiro atoms. The van der Waals surface area contributed by atoms with E-state index in [2.05, 4.69) is 6.92 Å². The lowest BCUT2D eigenvalue weighted by Crippen LogP contribution is -2.52. The predicted octanol–water partition coefficient (Wildman–Crippen LogP) is 2.63. The molecule has 1 amide bonds. The average molecular weight is 356 g/mol. The van der Waals surface area contributed by atoms with Crippen LogP contribution in [0.5, 0.6) is 0 Å². The molecule has 134 valence electrons. The monoisotopic (exact) mass is 356 g/mol. The van der Waals surface area contributed by atoms with Crippen LogP contribution in [0.1, 0.15) is 33.1 Å². The van der Waals surface area contributed by atoms with Gasteiger partial charge in [0.1, 0.15) is 11.9 Å². The van der Waals surface area contributed by atoms with Crippen molar-refractivity contribution >= 4 is 21.6 Å². The Morgan fingerprint density at radius 2 is 1.83 bits per heavy atom. The number of piperidine rings is 1. The van der Waals surface area contributed by atoms with Gasteiger partial charge in [-0.3, -0.25) is 9.10 Å². The third-order valence-corrected chi connectivity index (χ3v) is 5.67. The van der Waals surface area contributed by atoms with Crippen molar-refractivity contribution in [2.24, 2.45) is 5.92 Å². The van der Waals surface area contributed by atoms with Crippen molar-refractivity contribution in [2.75, 3.05) is 23.7 Å². The molecule has 1 saturated heterocycles. The van der Waals surface area contributed by atoms with Gasteiger partial charge < -0.3 is 4.90 Å². The number of halogens is 1. The largest absolute Gasteiger partial charge is 0.341 e. The minimum atomic E-state index is -3.67. The first-order valence-electron chi connectivity index (χ1n) is 8.27. The van der Waals surface area contributed by atoms with Crippen molar-refractivity contribution in [3.63, 3.8) is 0 Å². The second-order valence-electron chi connectivity index (χ2n) is 6.47. The van der Waals surface area contributed by atoms with Gasteiger partial charge in [-0.1, -0.05) is 13.8 Å². The summed E-state index contributed by atoms with van der Waals surface area (Å²) >= 11 is 0. The van der Waals surface area contributed by atoms with Crippen LogP contribution < -0.4 is 4.31 Å². The smallest absolute Gasteiger partial charge is 0.246 e. The maximum atomic E-state index is 13.2. The number of benzene rings is 1. The molecule has 5 nitrogen and oxygen atoms in total. The zero-order chi connectivity index (χ0) is 17.9. The van der Waals surface area contributed by atoms with E-state index in [4.69, 9.17) is 0 Å². The van der Waals surface area contributed by atoms with Crippen molar-refractivity contribution in [1.82, 2.24) is 4.90 Å². The molecule has 0 aliphatic carbocycles. The lowest BCUT2D eigenvalue weighted by Gasteiger charge is -2.37. The first-order chi connectivity index (χ1) is 11.2. The van der Waals surface area contributed by atoms with Crippen molar-refractivity contribution < 1.29 is 17.6 Å². The average Bonchev–Trinajstić information content (AvgIpc) is 2.52. The number of sulfonamides is 1. The summed E-state index contributed by atoms with van der Waals surface area (Å²) in [6.07, 6.45) is 3.29. The zero-order valence-electron chi connectivity index (χ0n) is 14.4. The molecule has 1 fully saturated rings. The van der Waals surface area contributed by atoms with E-state index in [0.717, 1.165) is 23.4 Å². The highest BCUT2D eigenvalue weighted by Crippen LogP contribution is 2.25. The van der Waals surface area contributed by atoms with Gasteiger partial charge in [-0.2, -0.15) is 0 Å². The van der Waals surface area contributed by atoms with Crippen molar-refractivity contribution in [3.05, 3.63) is 30.1 Å². The van der Waals surface area contributed by atoms with Gasteiger partial charge in [0.15, 0.2) is 0 Å². The van der Waals surface area contributed by atoms with E-state index in [9.17, 15) is 17.6 Å². The topological polar surface area (TPSA) is 57.7 Å². The van der Waals surface area contributed by atoms with Gasteiger partial charge in [-0.25, -0.2) is 12.8 Å². The molecule has 0 aromatic heterocycles. The Morgan fingerprint density at radius 1 is 1.29 bits per heavy atom. The molecule has 0 bridgehead atoms. The first kappa shape index (κ1) is 18.7. The summed E-state index contributed by atoms with van der Waals surface area (Å²) in [5.74, 6) is -0.0482. The van der Waals surface area contributed by atoms with Crippen molar-refractivity contribution in [2.45, 2.75) is 39.2 Å². The van der Waals surface area contributed by atoms with Gasteiger partial charge in [0.25, 0.3) is 0 Å². The Balaban J connectivity index is 2.32. The molecule has 1 aliphatic heterocycles. The summed E-state index contributed by atoms with van der Waals surface area (Å²) in [6.45, 7) is 5.24. The molecule has 0 N–H and O–H groups in total. The highest BCUT2D eigenvalue weighted by molar-refractivity contribution is 7.92. The highest BCUT2D eigenvalue weighted by atomic mass is 32.2. The van der Waals surface area contributed by atoms with Crippen LogP contribution >= 0.6 is 0 Å². The fraction of sp³-hybridized carbons (Fsp3) is 0.588. The normalized spacial score (nSPS) is 17.6. The molecule has 1 aromatic carbocycles. The Morgan fingerprint density at radius 3 is 2.29 bits per heavy atom. The van der Waals surface area contributed by atoms with Crippen LogP contribution in [0, 0.1) is 11.7 Å². The quantitative estimate of drug-likeness (QED) is 0.815. The second-order valence-corrected chi connectivity index (χ2v) is 8.33. The van der Waals surface area contributed by atoms with E-state index in [0.29, 0.717) is 31.1 Å². The standard InChI is InChI=1S/C17H25FN2O3S/c1-4-16(17(21)19-11-9-13(2)10-12-19)20(24(3,22)23)15-7-5-14(18)6-8-15/h5-8,13,16H,4,9-12H2,1-3H3. The van der Waals surface area contributed by atoms with Crippen molar-refractivity contribution in [1.29, 1.82) is 0 Å². The maximum Gasteiger partial charge on any atom is 0.246 e. The number of carbonyl (C=O) groups is 1. The molecule has 0 saturated carbocycles. The summed E-state index contributed by atoms with van der Waals surface area (Å²) in [5.41, 5.74) is 0.310. The van der Waals surface area contributed by atoms with Gasteiger partial charge in [0.2, 0.25) is 15.9 Å². The van der Waals surface area contributed by atoms with E-state index < -0.39 is 21.9 Å². The molecular formula is C17H25FN2O3S. The lowest BCUT2D eigenvalue weighted by molar-refractivity contribution is -0.133. The minimum Gasteiger partial charge on any atom is -0.341 e. The lowest BCUT2D eigenvalue weighted by atomic mass is 9.98. The third kappa shape index (κ3) is 4.26. The molecule has 1 unspecified atom stereocenters. The van der Waals surface area contributed by atoms with E-state index in [1.807, 2.05) is 0 Å². The number of rotatable bonds is 5. The summed E-state index contributed by atoms with van der Waals surface area (Å²) in [6, 6.07) is 4.38. The molecule has 1 heterocycles. The SMILES string of the molecule is CCC(C(=O)N1CCC(C)CC1)N(c1ccc(F)cc1)S(C)(=O)=O. The highest BCUT2D eigenvalue weighted by Gasteiger charge is 2.35. The molecule has 7 heteroatoms. The summed E-state index contributed by atoms with van der Waals surface area (Å²) in [4.78, 5) is 14.7. The van der Waals surface area contributed by atoms with E-state index in [1.54, 1.807) is 11.8 Å². The predicted molar refractivity (Wildman–Crippen MR) is 92.8 cm³/mol. The molecule has 2 rings (SSSR count). The zero-order valence-corrected chi connectivity index (χ0v) is 15.2. The number of carbonyl (C=O) groups excluding carboxylic acids is 1. The van der Waals surface area contributed by atoms with Gasteiger partial charge in [0.05, 0.1) is 11.9 Å². The Bertz CT molecular complexity index is 668. The molecule has 1 atom stereocenters. The number of amides is 1. The second kappa shape index (κ2) is 7.51. The van der Waals surface area contributed by atoms with Crippen LogP contribution in [0.3, 0.4) is 0 Å². The van der Waals surface area contributed by atoms with Crippen LogP contribution in [0.15, 0.2) is 24.3 Å². The van der Waals surface area contributed by atoms with E-state index >= 15 is 0 Å². The number of hydrogen-bond donors (Lipinski definition) is 0. The fourth-order valence-corrected chi connectivity index (χ4v) is 4.28. The third-order valence-electron chi connectivity index (χ3n) is 4.49. The number of likely N-dealkylation sites (tertiary alicyclic amines) is 1. The van der Waals surface area contributed by atoms with Gasteiger partial charge >= 0.3 is 0 Å². The minimum absolute atomic E-state index is 0.181. The van der Waals surface area contributed by atoms with Crippen molar-refractivity contribution in [3.8, 4) is 0 Å². The van der Waals surface area contributed by atoms with E-state index in [1.165, 1.54) is 24.3 Å². The first-order valence-corrected chi connectivity index (χ1v) is 10.1. The summed E-state index contributed by atoms with van der Waals surface area (Å²) in [5, 5.41) is 0. The Kier molecular flexibility index (Phi) is 5.85. The fourth-order valence-electron chi connectivity index (χ4n) is 3.07. The molecule has 1 aliphatic rings. The molecule has 0 radical (unpaired) electrons. The molecule has 24 heavy (non-hydrogen) atoms. The van der Waals surface area contributed by atoms with Crippen LogP contribution in [-0.2, 0) is 14.8 Å². The summed E-state index contributed by atoms with van der Waals surface area (Å²) < 4.78 is 38.9. The van der Waals surface area contributed by atoms with Gasteiger partial charge in [-0.05, 0) is 49.4 Å². The summed E-state index contributed by atoms with van der Waals surface area (Å²) in [7, 11) is -3.67. The number of nitrogens with zero attached hydrogens (tertiary/aromatic N) is 2.